The summed E-state index contributed by atoms with van der Waals surface area (Å²) in [6.07, 6.45) is -4.67. The van der Waals surface area contributed by atoms with Crippen molar-refractivity contribution in [2.45, 2.75) is 37.4 Å². The molecule has 1 aromatic heterocycles. The topological polar surface area (TPSA) is 99.5 Å². The predicted molar refractivity (Wildman–Crippen MR) is 116 cm³/mol. The molecule has 2 aromatic carbocycles. The van der Waals surface area contributed by atoms with Gasteiger partial charge >= 0.3 is 12.1 Å². The molecule has 182 valence electrons. The zero-order valence-corrected chi connectivity index (χ0v) is 19.5. The fourth-order valence-electron chi connectivity index (χ4n) is 2.91. The molecule has 0 fully saturated rings. The Morgan fingerprint density at radius 3 is 2.15 bits per heavy atom. The number of esters is 1. The Balaban J connectivity index is 1.94. The number of benzene rings is 2. The zero-order chi connectivity index (χ0) is 25.3. The summed E-state index contributed by atoms with van der Waals surface area (Å²) in [5.74, 6) is -0.798. The third-order valence-electron chi connectivity index (χ3n) is 4.82. The molecule has 0 spiro atoms. The summed E-state index contributed by atoms with van der Waals surface area (Å²) >= 11 is 0. The number of carbonyl (C=O) groups is 1. The molecular formula is C22H22F3N3O5S. The molecular weight excluding hydrogens is 474 g/mol. The van der Waals surface area contributed by atoms with E-state index in [4.69, 9.17) is 4.84 Å². The largest absolute Gasteiger partial charge is 0.467 e. The molecule has 0 unspecified atom stereocenters. The van der Waals surface area contributed by atoms with Crippen LogP contribution in [0.2, 0.25) is 0 Å². The van der Waals surface area contributed by atoms with Gasteiger partial charge in [0.05, 0.1) is 23.4 Å². The molecule has 0 saturated heterocycles. The van der Waals surface area contributed by atoms with Crippen molar-refractivity contribution in [2.24, 2.45) is 0 Å². The van der Waals surface area contributed by atoms with E-state index in [-0.39, 0.29) is 16.3 Å². The summed E-state index contributed by atoms with van der Waals surface area (Å²) in [6.45, 7) is 4.48. The van der Waals surface area contributed by atoms with Crippen LogP contribution in [0.5, 0.6) is 0 Å². The van der Waals surface area contributed by atoms with Gasteiger partial charge in [-0.05, 0) is 51.1 Å². The van der Waals surface area contributed by atoms with Crippen LogP contribution in [0.25, 0.3) is 16.9 Å². The van der Waals surface area contributed by atoms with Gasteiger partial charge in [0.1, 0.15) is 0 Å². The van der Waals surface area contributed by atoms with E-state index in [1.165, 1.54) is 38.1 Å². The summed E-state index contributed by atoms with van der Waals surface area (Å²) in [5.41, 5.74) is -0.839. The second-order valence-electron chi connectivity index (χ2n) is 7.88. The number of ether oxygens (including phenoxy) is 1. The smallest absolute Gasteiger partial charge is 0.435 e. The molecule has 3 rings (SSSR count). The number of aryl methyl sites for hydroxylation is 1. The van der Waals surface area contributed by atoms with Gasteiger partial charge in [0.15, 0.2) is 11.3 Å². The Morgan fingerprint density at radius 1 is 1.03 bits per heavy atom. The molecule has 0 saturated carbocycles. The molecule has 0 bridgehead atoms. The number of nitrogens with one attached hydrogen (secondary N) is 1. The highest BCUT2D eigenvalue weighted by molar-refractivity contribution is 7.89. The van der Waals surface area contributed by atoms with Crippen LogP contribution in [0.4, 0.5) is 13.2 Å². The van der Waals surface area contributed by atoms with E-state index in [0.717, 1.165) is 23.4 Å². The fourth-order valence-corrected chi connectivity index (χ4v) is 3.82. The highest BCUT2D eigenvalue weighted by Crippen LogP contribution is 2.33. The first-order valence-electron chi connectivity index (χ1n) is 9.87. The second-order valence-corrected chi connectivity index (χ2v) is 9.52. The maximum Gasteiger partial charge on any atom is 0.435 e. The van der Waals surface area contributed by atoms with Crippen molar-refractivity contribution in [2.75, 3.05) is 7.11 Å². The number of hydrogen-bond acceptors (Lipinski definition) is 6. The highest BCUT2D eigenvalue weighted by atomic mass is 32.2. The molecule has 0 amide bonds. The third-order valence-corrected chi connectivity index (χ3v) is 6.02. The van der Waals surface area contributed by atoms with Crippen LogP contribution < -0.4 is 4.89 Å². The van der Waals surface area contributed by atoms with Crippen LogP contribution in [0, 0.1) is 6.92 Å². The molecule has 0 aliphatic heterocycles. The Bertz CT molecular complexity index is 1280. The molecule has 0 aliphatic rings. The Morgan fingerprint density at radius 2 is 1.62 bits per heavy atom. The van der Waals surface area contributed by atoms with Crippen LogP contribution >= 0.6 is 0 Å². The third kappa shape index (κ3) is 5.46. The number of alkyl halides is 3. The van der Waals surface area contributed by atoms with Gasteiger partial charge < -0.3 is 4.74 Å². The van der Waals surface area contributed by atoms with Gasteiger partial charge in [-0.2, -0.15) is 18.3 Å². The number of halogens is 3. The maximum atomic E-state index is 13.4. The number of methoxy groups -OCH3 is 1. The fraction of sp³-hybridized carbons (Fsp3) is 0.273. The first kappa shape index (κ1) is 25.4. The number of nitrogens with zero attached hydrogens (tertiary/aromatic N) is 2. The van der Waals surface area contributed by atoms with Crippen molar-refractivity contribution >= 4 is 16.0 Å². The van der Waals surface area contributed by atoms with E-state index >= 15 is 0 Å². The van der Waals surface area contributed by atoms with Gasteiger partial charge in [0.25, 0.3) is 10.0 Å². The van der Waals surface area contributed by atoms with E-state index in [9.17, 15) is 26.4 Å². The first-order chi connectivity index (χ1) is 15.7. The minimum atomic E-state index is -4.67. The van der Waals surface area contributed by atoms with Gasteiger partial charge in [0, 0.05) is 5.56 Å². The van der Waals surface area contributed by atoms with E-state index in [1.54, 1.807) is 24.3 Å². The van der Waals surface area contributed by atoms with Crippen molar-refractivity contribution < 1.29 is 36.0 Å². The van der Waals surface area contributed by atoms with Gasteiger partial charge in [-0.15, -0.1) is 0 Å². The molecule has 3 aromatic rings. The predicted octanol–water partition coefficient (Wildman–Crippen LogP) is 4.03. The number of sulfonamides is 1. The molecule has 1 heterocycles. The van der Waals surface area contributed by atoms with E-state index in [0.29, 0.717) is 5.56 Å². The Kier molecular flexibility index (Phi) is 6.87. The SMILES string of the molecule is Cc1ccc(-c2cc(C(F)(F)F)nn2-c2ccc(S(=O)(=O)NOC(C)(C)C(=O)O[11CH3])cc2)cc1. The van der Waals surface area contributed by atoms with Gasteiger partial charge in [-0.3, -0.25) is 4.84 Å². The summed E-state index contributed by atoms with van der Waals surface area (Å²) in [5, 5.41) is 3.69. The number of aromatic nitrogens is 2. The molecule has 0 radical (unpaired) electrons. The van der Waals surface area contributed by atoms with E-state index in [2.05, 4.69) is 9.84 Å². The average molecular weight is 496 g/mol. The summed E-state index contributed by atoms with van der Waals surface area (Å²) in [6, 6.07) is 12.8. The van der Waals surface area contributed by atoms with Crippen molar-refractivity contribution in [3.8, 4) is 16.9 Å². The summed E-state index contributed by atoms with van der Waals surface area (Å²) < 4.78 is 70.8. The van der Waals surface area contributed by atoms with Gasteiger partial charge in [-0.25, -0.2) is 17.9 Å². The highest BCUT2D eigenvalue weighted by Gasteiger charge is 2.35. The monoisotopic (exact) mass is 496 g/mol. The van der Waals surface area contributed by atoms with Crippen molar-refractivity contribution in [3.63, 3.8) is 0 Å². The lowest BCUT2D eigenvalue weighted by molar-refractivity contribution is -0.169. The molecule has 0 atom stereocenters. The second kappa shape index (κ2) is 9.20. The number of hydrogen-bond donors (Lipinski definition) is 1. The summed E-state index contributed by atoms with van der Waals surface area (Å²) in [7, 11) is -3.08. The van der Waals surface area contributed by atoms with Crippen LogP contribution in [-0.2, 0) is 30.6 Å². The van der Waals surface area contributed by atoms with Crippen LogP contribution in [-0.4, -0.2) is 36.9 Å². The summed E-state index contributed by atoms with van der Waals surface area (Å²) in [4.78, 5) is 18.3. The quantitative estimate of drug-likeness (QED) is 0.392. The number of rotatable bonds is 7. The Hall–Kier alpha value is -3.22. The van der Waals surface area contributed by atoms with Crippen molar-refractivity contribution in [1.82, 2.24) is 14.7 Å². The van der Waals surface area contributed by atoms with Gasteiger partial charge in [-0.1, -0.05) is 34.7 Å². The van der Waals surface area contributed by atoms with E-state index < -0.39 is 33.5 Å². The molecule has 0 aliphatic carbocycles. The normalized spacial score (nSPS) is 12.6. The zero-order valence-electron chi connectivity index (χ0n) is 18.7. The van der Waals surface area contributed by atoms with Crippen LogP contribution in [0.3, 0.4) is 0 Å². The molecule has 34 heavy (non-hydrogen) atoms. The number of carbonyl (C=O) groups excluding carboxylic acids is 1. The Labute approximate surface area is 194 Å². The maximum absolute atomic E-state index is 13.4. The van der Waals surface area contributed by atoms with Crippen LogP contribution in [0.1, 0.15) is 25.1 Å². The van der Waals surface area contributed by atoms with E-state index in [1.807, 2.05) is 11.8 Å². The van der Waals surface area contributed by atoms with Crippen molar-refractivity contribution in [1.29, 1.82) is 0 Å². The molecule has 12 heteroatoms. The molecule has 1 N–H and O–H groups in total. The standard InChI is InChI=1S/C22H22F3N3O5S/c1-14-5-7-15(8-6-14)18-13-19(22(23,24)25)26-28(18)16-9-11-17(12-10-16)34(30,31)27-33-21(2,3)20(29)32-4/h5-13,27H,1-4H3/i4-1. The lowest BCUT2D eigenvalue weighted by Gasteiger charge is -2.21. The lowest BCUT2D eigenvalue weighted by Crippen LogP contribution is -2.42. The van der Waals surface area contributed by atoms with Gasteiger partial charge in [0.2, 0.25) is 0 Å². The van der Waals surface area contributed by atoms with Crippen molar-refractivity contribution in [3.05, 3.63) is 65.9 Å². The average Bonchev–Trinajstić information content (AvgIpc) is 3.24. The minimum absolute atomic E-state index is 0.184. The lowest BCUT2D eigenvalue weighted by atomic mass is 10.1. The minimum Gasteiger partial charge on any atom is -0.467 e. The van der Waals surface area contributed by atoms with Crippen LogP contribution in [0.15, 0.2) is 59.5 Å². The first-order valence-corrected chi connectivity index (χ1v) is 11.4. The molecule has 8 nitrogen and oxygen atoms in total.